The quantitative estimate of drug-likeness (QED) is 0.844. The van der Waals surface area contributed by atoms with E-state index in [1.54, 1.807) is 6.20 Å². The number of anilines is 1. The number of nitrogens with zero attached hydrogens (tertiary/aromatic N) is 1. The lowest BCUT2D eigenvalue weighted by Gasteiger charge is -2.10. The number of aryl methyl sites for hydroxylation is 1. The minimum Gasteiger partial charge on any atom is -0.378 e. The highest BCUT2D eigenvalue weighted by atomic mass is 35.5. The Morgan fingerprint density at radius 3 is 3.18 bits per heavy atom. The molecule has 1 amide bonds. The number of carbonyl (C=O) groups excluding carboxylic acids is 1. The van der Waals surface area contributed by atoms with Gasteiger partial charge in [-0.05, 0) is 31.4 Å². The van der Waals surface area contributed by atoms with E-state index in [9.17, 15) is 4.79 Å². The van der Waals surface area contributed by atoms with Crippen molar-refractivity contribution in [1.29, 1.82) is 0 Å². The molecule has 1 fully saturated rings. The van der Waals surface area contributed by atoms with E-state index in [1.165, 1.54) is 0 Å². The highest BCUT2D eigenvalue weighted by molar-refractivity contribution is 6.30. The second kappa shape index (κ2) is 5.47. The summed E-state index contributed by atoms with van der Waals surface area (Å²) >= 11 is 5.81. The van der Waals surface area contributed by atoms with E-state index < -0.39 is 0 Å². The second-order valence-corrected chi connectivity index (χ2v) is 4.58. The minimum atomic E-state index is -0.0413. The van der Waals surface area contributed by atoms with Crippen LogP contribution in [-0.2, 0) is 9.53 Å². The van der Waals surface area contributed by atoms with E-state index >= 15 is 0 Å². The Morgan fingerprint density at radius 2 is 2.53 bits per heavy atom. The maximum Gasteiger partial charge on any atom is 0.227 e. The van der Waals surface area contributed by atoms with Crippen LogP contribution in [0.3, 0.4) is 0 Å². The summed E-state index contributed by atoms with van der Waals surface area (Å²) in [6, 6.07) is 1.81. The average molecular weight is 255 g/mol. The molecule has 0 saturated carbocycles. The molecule has 92 valence electrons. The van der Waals surface area contributed by atoms with Crippen LogP contribution in [0.25, 0.3) is 0 Å². The lowest BCUT2D eigenvalue weighted by Crippen LogP contribution is -2.19. The van der Waals surface area contributed by atoms with Crippen LogP contribution in [0.15, 0.2) is 12.3 Å². The molecule has 0 spiro atoms. The van der Waals surface area contributed by atoms with Crippen LogP contribution in [0.1, 0.15) is 24.8 Å². The Kier molecular flexibility index (Phi) is 3.97. The number of halogens is 1. The van der Waals surface area contributed by atoms with Crippen LogP contribution in [0.5, 0.6) is 0 Å². The SMILES string of the molecule is Cc1cc(NC(=O)CC2CCCO2)cnc1Cl. The Hall–Kier alpha value is -1.13. The first-order valence-corrected chi connectivity index (χ1v) is 6.06. The molecule has 2 heterocycles. The number of amides is 1. The summed E-state index contributed by atoms with van der Waals surface area (Å²) in [7, 11) is 0. The first-order valence-electron chi connectivity index (χ1n) is 5.69. The smallest absolute Gasteiger partial charge is 0.227 e. The van der Waals surface area contributed by atoms with Crippen molar-refractivity contribution in [2.75, 3.05) is 11.9 Å². The van der Waals surface area contributed by atoms with Gasteiger partial charge in [-0.2, -0.15) is 0 Å². The number of hydrogen-bond acceptors (Lipinski definition) is 3. The van der Waals surface area contributed by atoms with Gasteiger partial charge in [0.15, 0.2) is 0 Å². The zero-order chi connectivity index (χ0) is 12.3. The molecule has 0 bridgehead atoms. The van der Waals surface area contributed by atoms with Crippen molar-refractivity contribution in [3.63, 3.8) is 0 Å². The summed E-state index contributed by atoms with van der Waals surface area (Å²) in [4.78, 5) is 15.7. The predicted octanol–water partition coefficient (Wildman–Crippen LogP) is 2.55. The maximum absolute atomic E-state index is 11.7. The average Bonchev–Trinajstić information content (AvgIpc) is 2.76. The molecule has 1 aliphatic rings. The highest BCUT2D eigenvalue weighted by Crippen LogP contribution is 2.18. The van der Waals surface area contributed by atoms with E-state index in [0.29, 0.717) is 17.3 Å². The molecule has 0 radical (unpaired) electrons. The Morgan fingerprint density at radius 1 is 1.71 bits per heavy atom. The van der Waals surface area contributed by atoms with E-state index in [1.807, 2.05) is 13.0 Å². The van der Waals surface area contributed by atoms with E-state index in [-0.39, 0.29) is 12.0 Å². The zero-order valence-electron chi connectivity index (χ0n) is 9.70. The third kappa shape index (κ3) is 3.41. The maximum atomic E-state index is 11.7. The van der Waals surface area contributed by atoms with Gasteiger partial charge in [0.25, 0.3) is 0 Å². The van der Waals surface area contributed by atoms with E-state index in [4.69, 9.17) is 16.3 Å². The largest absolute Gasteiger partial charge is 0.378 e. The molecule has 1 aromatic rings. The summed E-state index contributed by atoms with van der Waals surface area (Å²) in [5, 5.41) is 3.26. The van der Waals surface area contributed by atoms with Gasteiger partial charge in [-0.1, -0.05) is 11.6 Å². The van der Waals surface area contributed by atoms with Gasteiger partial charge >= 0.3 is 0 Å². The van der Waals surface area contributed by atoms with Gasteiger partial charge in [-0.15, -0.1) is 0 Å². The molecule has 0 aromatic carbocycles. The molecule has 1 saturated heterocycles. The molecule has 2 rings (SSSR count). The predicted molar refractivity (Wildman–Crippen MR) is 66.2 cm³/mol. The topological polar surface area (TPSA) is 51.2 Å². The van der Waals surface area contributed by atoms with Crippen molar-refractivity contribution in [3.8, 4) is 0 Å². The van der Waals surface area contributed by atoms with Crippen molar-refractivity contribution < 1.29 is 9.53 Å². The zero-order valence-corrected chi connectivity index (χ0v) is 10.5. The third-order valence-corrected chi connectivity index (χ3v) is 3.13. The van der Waals surface area contributed by atoms with E-state index in [0.717, 1.165) is 25.0 Å². The molecule has 1 atom stereocenters. The number of carbonyl (C=O) groups is 1. The Balaban J connectivity index is 1.90. The van der Waals surface area contributed by atoms with Crippen LogP contribution in [0.4, 0.5) is 5.69 Å². The molecule has 1 unspecified atom stereocenters. The van der Waals surface area contributed by atoms with Crippen LogP contribution in [-0.4, -0.2) is 23.6 Å². The number of rotatable bonds is 3. The highest BCUT2D eigenvalue weighted by Gasteiger charge is 2.19. The Labute approximate surface area is 105 Å². The summed E-state index contributed by atoms with van der Waals surface area (Å²) in [5.74, 6) is -0.0413. The lowest BCUT2D eigenvalue weighted by molar-refractivity contribution is -0.118. The fourth-order valence-corrected chi connectivity index (χ4v) is 1.95. The molecular weight excluding hydrogens is 240 g/mol. The van der Waals surface area contributed by atoms with Gasteiger partial charge in [0.05, 0.1) is 24.4 Å². The van der Waals surface area contributed by atoms with Crippen LogP contribution in [0, 0.1) is 6.92 Å². The molecule has 17 heavy (non-hydrogen) atoms. The number of aromatic nitrogens is 1. The van der Waals surface area contributed by atoms with Crippen molar-refractivity contribution in [3.05, 3.63) is 23.0 Å². The van der Waals surface area contributed by atoms with Gasteiger partial charge in [0.2, 0.25) is 5.91 Å². The summed E-state index contributed by atoms with van der Waals surface area (Å²) in [6.07, 6.45) is 4.03. The first kappa shape index (κ1) is 12.3. The fourth-order valence-electron chi connectivity index (χ4n) is 1.85. The normalized spacial score (nSPS) is 19.3. The van der Waals surface area contributed by atoms with Crippen molar-refractivity contribution >= 4 is 23.2 Å². The van der Waals surface area contributed by atoms with Gasteiger partial charge in [-0.25, -0.2) is 4.98 Å². The number of nitrogens with one attached hydrogen (secondary N) is 1. The monoisotopic (exact) mass is 254 g/mol. The molecule has 1 N–H and O–H groups in total. The molecule has 1 aromatic heterocycles. The minimum absolute atomic E-state index is 0.0413. The molecule has 1 aliphatic heterocycles. The van der Waals surface area contributed by atoms with E-state index in [2.05, 4.69) is 10.3 Å². The molecule has 4 nitrogen and oxygen atoms in total. The fraction of sp³-hybridized carbons (Fsp3) is 0.500. The molecule has 0 aliphatic carbocycles. The van der Waals surface area contributed by atoms with Gasteiger partial charge in [0.1, 0.15) is 5.15 Å². The van der Waals surface area contributed by atoms with Gasteiger partial charge in [-0.3, -0.25) is 4.79 Å². The Bertz CT molecular complexity index is 417. The van der Waals surface area contributed by atoms with Crippen LogP contribution >= 0.6 is 11.6 Å². The molecule has 5 heteroatoms. The van der Waals surface area contributed by atoms with Crippen LogP contribution in [0.2, 0.25) is 5.15 Å². The van der Waals surface area contributed by atoms with Crippen molar-refractivity contribution in [2.24, 2.45) is 0 Å². The summed E-state index contributed by atoms with van der Waals surface area (Å²) in [5.41, 5.74) is 1.52. The van der Waals surface area contributed by atoms with Gasteiger partial charge in [0, 0.05) is 6.61 Å². The van der Waals surface area contributed by atoms with Crippen LogP contribution < -0.4 is 5.32 Å². The third-order valence-electron chi connectivity index (χ3n) is 2.74. The van der Waals surface area contributed by atoms with Crippen molar-refractivity contribution in [2.45, 2.75) is 32.3 Å². The summed E-state index contributed by atoms with van der Waals surface area (Å²) in [6.45, 7) is 2.62. The molecular formula is C12H15ClN2O2. The lowest BCUT2D eigenvalue weighted by atomic mass is 10.2. The standard InChI is InChI=1S/C12H15ClN2O2/c1-8-5-9(7-14-12(8)13)15-11(16)6-10-3-2-4-17-10/h5,7,10H,2-4,6H2,1H3,(H,15,16). The van der Waals surface area contributed by atoms with Gasteiger partial charge < -0.3 is 10.1 Å². The van der Waals surface area contributed by atoms with Crippen molar-refractivity contribution in [1.82, 2.24) is 4.98 Å². The first-order chi connectivity index (χ1) is 8.15. The number of hydrogen-bond donors (Lipinski definition) is 1. The second-order valence-electron chi connectivity index (χ2n) is 4.22. The number of ether oxygens (including phenoxy) is 1. The number of pyridine rings is 1. The summed E-state index contributed by atoms with van der Waals surface area (Å²) < 4.78 is 5.41.